The van der Waals surface area contributed by atoms with Gasteiger partial charge >= 0.3 is 6.18 Å². The van der Waals surface area contributed by atoms with E-state index in [1.807, 2.05) is 0 Å². The van der Waals surface area contributed by atoms with E-state index >= 15 is 0 Å². The van der Waals surface area contributed by atoms with Crippen LogP contribution in [0.4, 0.5) is 18.9 Å². The molecule has 0 bridgehead atoms. The lowest BCUT2D eigenvalue weighted by Crippen LogP contribution is -2.17. The minimum Gasteiger partial charge on any atom is -0.384 e. The predicted molar refractivity (Wildman–Crippen MR) is 71.5 cm³/mol. The summed E-state index contributed by atoms with van der Waals surface area (Å²) in [6.45, 7) is 0.783. The van der Waals surface area contributed by atoms with Gasteiger partial charge in [-0.25, -0.2) is 0 Å². The molecule has 1 aromatic carbocycles. The zero-order valence-corrected chi connectivity index (χ0v) is 11.3. The van der Waals surface area contributed by atoms with Crippen molar-refractivity contribution in [2.24, 2.45) is 5.92 Å². The first kappa shape index (κ1) is 14.5. The van der Waals surface area contributed by atoms with E-state index in [1.165, 1.54) is 38.2 Å². The molecule has 106 valence electrons. The van der Waals surface area contributed by atoms with Crippen molar-refractivity contribution in [1.82, 2.24) is 0 Å². The highest BCUT2D eigenvalue weighted by atomic mass is 35.5. The fourth-order valence-corrected chi connectivity index (χ4v) is 2.73. The van der Waals surface area contributed by atoms with Crippen LogP contribution in [0, 0.1) is 5.92 Å². The number of nitrogens with one attached hydrogen (secondary N) is 1. The van der Waals surface area contributed by atoms with Crippen LogP contribution in [0.1, 0.15) is 37.7 Å². The Labute approximate surface area is 116 Å². The molecule has 0 aliphatic heterocycles. The molecule has 0 heterocycles. The molecule has 1 fully saturated rings. The lowest BCUT2D eigenvalue weighted by molar-refractivity contribution is -0.137. The van der Waals surface area contributed by atoms with Crippen LogP contribution < -0.4 is 5.32 Å². The summed E-state index contributed by atoms with van der Waals surface area (Å²) >= 11 is 5.89. The van der Waals surface area contributed by atoms with Crippen LogP contribution in [0.15, 0.2) is 18.2 Å². The molecule has 2 rings (SSSR count). The summed E-state index contributed by atoms with van der Waals surface area (Å²) < 4.78 is 37.5. The van der Waals surface area contributed by atoms with Gasteiger partial charge in [0.1, 0.15) is 0 Å². The number of halogens is 4. The maximum atomic E-state index is 12.5. The summed E-state index contributed by atoms with van der Waals surface area (Å²) in [5, 5.41) is 3.29. The standard InChI is InChI=1S/C14H17ClF3N/c15-12-8-11(14(16,17)18)6-7-13(12)19-9-10-4-2-1-3-5-10/h6-8,10,19H,1-5,9H2. The largest absolute Gasteiger partial charge is 0.416 e. The highest BCUT2D eigenvalue weighted by Gasteiger charge is 2.30. The summed E-state index contributed by atoms with van der Waals surface area (Å²) in [5.74, 6) is 0.604. The molecule has 0 aromatic heterocycles. The van der Waals surface area contributed by atoms with Gasteiger partial charge in [0, 0.05) is 6.54 Å². The Balaban J connectivity index is 1.97. The average Bonchev–Trinajstić information content (AvgIpc) is 2.37. The summed E-state index contributed by atoms with van der Waals surface area (Å²) in [7, 11) is 0. The second-order valence-electron chi connectivity index (χ2n) is 5.08. The van der Waals surface area contributed by atoms with Crippen LogP contribution in [0.3, 0.4) is 0 Å². The fourth-order valence-electron chi connectivity index (χ4n) is 2.48. The van der Waals surface area contributed by atoms with Crippen molar-refractivity contribution in [2.45, 2.75) is 38.3 Å². The Morgan fingerprint density at radius 1 is 1.16 bits per heavy atom. The molecular formula is C14H17ClF3N. The van der Waals surface area contributed by atoms with Crippen molar-refractivity contribution < 1.29 is 13.2 Å². The van der Waals surface area contributed by atoms with E-state index in [2.05, 4.69) is 5.32 Å². The van der Waals surface area contributed by atoms with Gasteiger partial charge in [0.25, 0.3) is 0 Å². The van der Waals surface area contributed by atoms with Gasteiger partial charge in [0.15, 0.2) is 0 Å². The molecule has 1 N–H and O–H groups in total. The van der Waals surface area contributed by atoms with E-state index in [0.717, 1.165) is 18.7 Å². The number of hydrogen-bond acceptors (Lipinski definition) is 1. The number of alkyl halides is 3. The second kappa shape index (κ2) is 6.04. The molecule has 1 aliphatic carbocycles. The molecule has 0 amide bonds. The molecule has 0 atom stereocenters. The number of hydrogen-bond donors (Lipinski definition) is 1. The van der Waals surface area contributed by atoms with Crippen molar-refractivity contribution in [2.75, 3.05) is 11.9 Å². The molecule has 0 spiro atoms. The van der Waals surface area contributed by atoms with Gasteiger partial charge < -0.3 is 5.32 Å². The van der Waals surface area contributed by atoms with E-state index in [9.17, 15) is 13.2 Å². The van der Waals surface area contributed by atoms with Gasteiger partial charge in [0.05, 0.1) is 16.3 Å². The van der Waals surface area contributed by atoms with E-state index in [4.69, 9.17) is 11.6 Å². The zero-order valence-electron chi connectivity index (χ0n) is 10.6. The third-order valence-electron chi connectivity index (χ3n) is 3.60. The highest BCUT2D eigenvalue weighted by molar-refractivity contribution is 6.33. The Morgan fingerprint density at radius 2 is 1.84 bits per heavy atom. The van der Waals surface area contributed by atoms with E-state index in [0.29, 0.717) is 11.6 Å². The molecular weight excluding hydrogens is 275 g/mol. The first-order chi connectivity index (χ1) is 8.97. The Bertz CT molecular complexity index is 425. The summed E-state index contributed by atoms with van der Waals surface area (Å²) in [5.41, 5.74) is -0.124. The van der Waals surface area contributed by atoms with E-state index in [-0.39, 0.29) is 5.02 Å². The second-order valence-corrected chi connectivity index (χ2v) is 5.48. The van der Waals surface area contributed by atoms with Crippen LogP contribution in [-0.4, -0.2) is 6.54 Å². The van der Waals surface area contributed by atoms with Crippen LogP contribution >= 0.6 is 11.6 Å². The Hall–Kier alpha value is -0.900. The molecule has 5 heteroatoms. The lowest BCUT2D eigenvalue weighted by Gasteiger charge is -2.22. The molecule has 19 heavy (non-hydrogen) atoms. The van der Waals surface area contributed by atoms with Gasteiger partial charge in [0.2, 0.25) is 0 Å². The SMILES string of the molecule is FC(F)(F)c1ccc(NCC2CCCCC2)c(Cl)c1. The normalized spacial score (nSPS) is 17.5. The van der Waals surface area contributed by atoms with Crippen molar-refractivity contribution in [3.63, 3.8) is 0 Å². The minimum atomic E-state index is -4.34. The third kappa shape index (κ3) is 4.03. The molecule has 1 nitrogen and oxygen atoms in total. The topological polar surface area (TPSA) is 12.0 Å². The van der Waals surface area contributed by atoms with Crippen molar-refractivity contribution in [3.8, 4) is 0 Å². The van der Waals surface area contributed by atoms with Crippen LogP contribution in [0.2, 0.25) is 5.02 Å². The van der Waals surface area contributed by atoms with E-state index < -0.39 is 11.7 Å². The summed E-state index contributed by atoms with van der Waals surface area (Å²) in [6.07, 6.45) is 1.81. The van der Waals surface area contributed by atoms with Gasteiger partial charge in [-0.05, 0) is 37.0 Å². The number of benzene rings is 1. The van der Waals surface area contributed by atoms with Crippen molar-refractivity contribution >= 4 is 17.3 Å². The average molecular weight is 292 g/mol. The summed E-state index contributed by atoms with van der Waals surface area (Å²) in [6, 6.07) is 3.45. The van der Waals surface area contributed by atoms with E-state index in [1.54, 1.807) is 0 Å². The lowest BCUT2D eigenvalue weighted by atomic mass is 9.89. The monoisotopic (exact) mass is 291 g/mol. The van der Waals surface area contributed by atoms with Gasteiger partial charge in [-0.2, -0.15) is 13.2 Å². The van der Waals surface area contributed by atoms with Gasteiger partial charge in [-0.3, -0.25) is 0 Å². The predicted octanol–water partition coefficient (Wildman–Crippen LogP) is 5.35. The van der Waals surface area contributed by atoms with Crippen LogP contribution in [0.25, 0.3) is 0 Å². The van der Waals surface area contributed by atoms with Gasteiger partial charge in [-0.1, -0.05) is 30.9 Å². The zero-order chi connectivity index (χ0) is 13.9. The Morgan fingerprint density at radius 3 is 2.42 bits per heavy atom. The van der Waals surface area contributed by atoms with Crippen molar-refractivity contribution in [3.05, 3.63) is 28.8 Å². The molecule has 1 aromatic rings. The van der Waals surface area contributed by atoms with Gasteiger partial charge in [-0.15, -0.1) is 0 Å². The first-order valence-corrected chi connectivity index (χ1v) is 6.95. The first-order valence-electron chi connectivity index (χ1n) is 6.57. The molecule has 1 aliphatic rings. The number of anilines is 1. The molecule has 0 saturated heterocycles. The quantitative estimate of drug-likeness (QED) is 0.791. The minimum absolute atomic E-state index is 0.130. The maximum absolute atomic E-state index is 12.5. The van der Waals surface area contributed by atoms with Crippen molar-refractivity contribution in [1.29, 1.82) is 0 Å². The van der Waals surface area contributed by atoms with Crippen LogP contribution in [-0.2, 0) is 6.18 Å². The smallest absolute Gasteiger partial charge is 0.384 e. The Kier molecular flexibility index (Phi) is 4.61. The molecule has 0 radical (unpaired) electrons. The summed E-state index contributed by atoms with van der Waals surface area (Å²) in [4.78, 5) is 0. The fraction of sp³-hybridized carbons (Fsp3) is 0.571. The third-order valence-corrected chi connectivity index (χ3v) is 3.92. The van der Waals surface area contributed by atoms with Crippen LogP contribution in [0.5, 0.6) is 0 Å². The molecule has 0 unspecified atom stereocenters. The number of rotatable bonds is 3. The maximum Gasteiger partial charge on any atom is 0.416 e. The molecule has 1 saturated carbocycles. The highest BCUT2D eigenvalue weighted by Crippen LogP contribution is 2.34.